The number of H-pyrrole nitrogens is 1. The number of imidazole rings is 1. The molecule has 0 bridgehead atoms. The molecule has 0 aliphatic carbocycles. The Morgan fingerprint density at radius 3 is 2.70 bits per heavy atom. The van der Waals surface area contributed by atoms with Crippen molar-refractivity contribution in [2.45, 2.75) is 52.0 Å². The second kappa shape index (κ2) is 7.82. The quantitative estimate of drug-likeness (QED) is 0.848. The Morgan fingerprint density at radius 1 is 1.13 bits per heavy atom. The Hall–Kier alpha value is -1.55. The monoisotopic (exact) mass is 315 g/mol. The van der Waals surface area contributed by atoms with Gasteiger partial charge in [-0.1, -0.05) is 38.3 Å². The smallest absolute Gasteiger partial charge is 0.306 e. The number of aromatic amines is 1. The molecule has 4 nitrogen and oxygen atoms in total. The largest absolute Gasteiger partial charge is 0.326 e. The molecule has 1 N–H and O–H groups in total. The van der Waals surface area contributed by atoms with Crippen LogP contribution in [0.2, 0.25) is 0 Å². The van der Waals surface area contributed by atoms with Gasteiger partial charge in [0.2, 0.25) is 0 Å². The van der Waals surface area contributed by atoms with E-state index >= 15 is 0 Å². The number of nitrogens with zero attached hydrogens (tertiary/aromatic N) is 2. The second-order valence-corrected chi connectivity index (χ2v) is 6.88. The molecule has 0 atom stereocenters. The van der Waals surface area contributed by atoms with Crippen LogP contribution >= 0.6 is 0 Å². The number of fused-ring (bicyclic) bond motifs is 1. The van der Waals surface area contributed by atoms with E-state index in [-0.39, 0.29) is 5.69 Å². The van der Waals surface area contributed by atoms with Gasteiger partial charge in [-0.25, -0.2) is 4.79 Å². The summed E-state index contributed by atoms with van der Waals surface area (Å²) in [6.07, 6.45) is 7.87. The third-order valence-electron chi connectivity index (χ3n) is 5.21. The summed E-state index contributed by atoms with van der Waals surface area (Å²) in [5.74, 6) is 0.947. The SMILES string of the molecule is CCCCC1CCN(CCCn2c(=O)[nH]c3ccccc32)CC1. The van der Waals surface area contributed by atoms with Gasteiger partial charge in [0.05, 0.1) is 11.0 Å². The van der Waals surface area contributed by atoms with E-state index in [1.807, 2.05) is 28.8 Å². The Kier molecular flexibility index (Phi) is 5.55. The molecule has 126 valence electrons. The maximum absolute atomic E-state index is 12.1. The lowest BCUT2D eigenvalue weighted by Crippen LogP contribution is -2.35. The van der Waals surface area contributed by atoms with Gasteiger partial charge in [0, 0.05) is 6.54 Å². The molecule has 1 aliphatic rings. The van der Waals surface area contributed by atoms with E-state index in [2.05, 4.69) is 16.8 Å². The average molecular weight is 315 g/mol. The van der Waals surface area contributed by atoms with Crippen LogP contribution in [-0.2, 0) is 6.54 Å². The molecule has 23 heavy (non-hydrogen) atoms. The Balaban J connectivity index is 1.47. The summed E-state index contributed by atoms with van der Waals surface area (Å²) in [6.45, 7) is 6.65. The van der Waals surface area contributed by atoms with Crippen LogP contribution < -0.4 is 5.69 Å². The van der Waals surface area contributed by atoms with Crippen molar-refractivity contribution in [3.63, 3.8) is 0 Å². The zero-order chi connectivity index (χ0) is 16.1. The number of para-hydroxylation sites is 2. The fourth-order valence-corrected chi connectivity index (χ4v) is 3.77. The molecule has 1 aromatic heterocycles. The van der Waals surface area contributed by atoms with Crippen molar-refractivity contribution in [3.8, 4) is 0 Å². The van der Waals surface area contributed by atoms with E-state index in [1.54, 1.807) is 0 Å². The first-order valence-electron chi connectivity index (χ1n) is 9.18. The molecule has 0 radical (unpaired) electrons. The topological polar surface area (TPSA) is 41.0 Å². The van der Waals surface area contributed by atoms with Crippen molar-refractivity contribution in [3.05, 3.63) is 34.7 Å². The lowest BCUT2D eigenvalue weighted by atomic mass is 9.91. The molecule has 3 rings (SSSR count). The standard InChI is InChI=1S/C19H29N3O/c1-2-3-7-16-10-14-21(15-11-16)12-6-13-22-18-9-5-4-8-17(18)20-19(22)23/h4-5,8-9,16H,2-3,6-7,10-15H2,1H3,(H,20,23). The number of benzene rings is 1. The average Bonchev–Trinajstić information content (AvgIpc) is 2.90. The highest BCUT2D eigenvalue weighted by atomic mass is 16.1. The first-order valence-corrected chi connectivity index (χ1v) is 9.18. The van der Waals surface area contributed by atoms with Crippen LogP contribution in [-0.4, -0.2) is 34.1 Å². The van der Waals surface area contributed by atoms with Crippen LogP contribution in [0, 0.1) is 5.92 Å². The number of unbranched alkanes of at least 4 members (excludes halogenated alkanes) is 1. The molecule has 1 aliphatic heterocycles. The third-order valence-corrected chi connectivity index (χ3v) is 5.21. The highest BCUT2D eigenvalue weighted by molar-refractivity contribution is 5.74. The number of likely N-dealkylation sites (tertiary alicyclic amines) is 1. The fourth-order valence-electron chi connectivity index (χ4n) is 3.77. The predicted octanol–water partition coefficient (Wildman–Crippen LogP) is 3.62. The Morgan fingerprint density at radius 2 is 1.91 bits per heavy atom. The number of aryl methyl sites for hydroxylation is 1. The van der Waals surface area contributed by atoms with E-state index in [0.717, 1.165) is 36.5 Å². The lowest BCUT2D eigenvalue weighted by Gasteiger charge is -2.32. The van der Waals surface area contributed by atoms with Crippen molar-refractivity contribution in [2.75, 3.05) is 19.6 Å². The molecule has 1 fully saturated rings. The summed E-state index contributed by atoms with van der Waals surface area (Å²) < 4.78 is 1.88. The molecule has 0 saturated carbocycles. The lowest BCUT2D eigenvalue weighted by molar-refractivity contribution is 0.174. The summed E-state index contributed by atoms with van der Waals surface area (Å²) >= 11 is 0. The van der Waals surface area contributed by atoms with Crippen molar-refractivity contribution in [2.24, 2.45) is 5.92 Å². The van der Waals surface area contributed by atoms with Crippen LogP contribution in [0.5, 0.6) is 0 Å². The van der Waals surface area contributed by atoms with E-state index in [1.165, 1.54) is 45.2 Å². The van der Waals surface area contributed by atoms with Gasteiger partial charge in [-0.15, -0.1) is 0 Å². The molecule has 2 aromatic rings. The third kappa shape index (κ3) is 4.05. The molecule has 0 unspecified atom stereocenters. The van der Waals surface area contributed by atoms with Crippen LogP contribution in [0.25, 0.3) is 11.0 Å². The van der Waals surface area contributed by atoms with Gasteiger partial charge in [-0.2, -0.15) is 0 Å². The van der Waals surface area contributed by atoms with Crippen molar-refractivity contribution < 1.29 is 0 Å². The van der Waals surface area contributed by atoms with Crippen molar-refractivity contribution in [1.29, 1.82) is 0 Å². The minimum Gasteiger partial charge on any atom is -0.306 e. The Bertz CT molecular complexity index is 665. The number of aromatic nitrogens is 2. The first-order chi connectivity index (χ1) is 11.3. The number of nitrogens with one attached hydrogen (secondary N) is 1. The van der Waals surface area contributed by atoms with E-state index in [0.29, 0.717) is 0 Å². The van der Waals surface area contributed by atoms with Gasteiger partial charge >= 0.3 is 5.69 Å². The van der Waals surface area contributed by atoms with Gasteiger partial charge in [0.25, 0.3) is 0 Å². The Labute approximate surface area is 138 Å². The molecular weight excluding hydrogens is 286 g/mol. The van der Waals surface area contributed by atoms with Gasteiger partial charge < -0.3 is 9.88 Å². The number of rotatable bonds is 7. The van der Waals surface area contributed by atoms with Crippen LogP contribution in [0.3, 0.4) is 0 Å². The zero-order valence-corrected chi connectivity index (χ0v) is 14.3. The van der Waals surface area contributed by atoms with Gasteiger partial charge in [0.1, 0.15) is 0 Å². The summed E-state index contributed by atoms with van der Waals surface area (Å²) in [5.41, 5.74) is 1.98. The maximum atomic E-state index is 12.1. The van der Waals surface area contributed by atoms with Crippen LogP contribution in [0.15, 0.2) is 29.1 Å². The second-order valence-electron chi connectivity index (χ2n) is 6.88. The van der Waals surface area contributed by atoms with Gasteiger partial charge in [-0.3, -0.25) is 4.57 Å². The zero-order valence-electron chi connectivity index (χ0n) is 14.3. The van der Waals surface area contributed by atoms with E-state index in [4.69, 9.17) is 0 Å². The minimum atomic E-state index is 0.0180. The number of hydrogen-bond donors (Lipinski definition) is 1. The molecule has 1 aromatic carbocycles. The summed E-state index contributed by atoms with van der Waals surface area (Å²) in [7, 11) is 0. The first kappa shape index (κ1) is 16.3. The molecule has 4 heteroatoms. The van der Waals surface area contributed by atoms with Crippen molar-refractivity contribution >= 4 is 11.0 Å². The molecule has 0 amide bonds. The highest BCUT2D eigenvalue weighted by Gasteiger charge is 2.18. The highest BCUT2D eigenvalue weighted by Crippen LogP contribution is 2.22. The molecule has 1 saturated heterocycles. The summed E-state index contributed by atoms with van der Waals surface area (Å²) in [4.78, 5) is 17.6. The predicted molar refractivity (Wildman–Crippen MR) is 95.9 cm³/mol. The fraction of sp³-hybridized carbons (Fsp3) is 0.632. The van der Waals surface area contributed by atoms with E-state index < -0.39 is 0 Å². The van der Waals surface area contributed by atoms with Gasteiger partial charge in [0.15, 0.2) is 0 Å². The maximum Gasteiger partial charge on any atom is 0.326 e. The van der Waals surface area contributed by atoms with Gasteiger partial charge in [-0.05, 0) is 56.9 Å². The molecule has 0 spiro atoms. The van der Waals surface area contributed by atoms with E-state index in [9.17, 15) is 4.79 Å². The normalized spacial score (nSPS) is 17.1. The summed E-state index contributed by atoms with van der Waals surface area (Å²) in [5, 5.41) is 0. The number of piperidine rings is 1. The van der Waals surface area contributed by atoms with Crippen molar-refractivity contribution in [1.82, 2.24) is 14.5 Å². The molecular formula is C19H29N3O. The molecule has 2 heterocycles. The van der Waals surface area contributed by atoms with Crippen LogP contribution in [0.1, 0.15) is 45.4 Å². The summed E-state index contributed by atoms with van der Waals surface area (Å²) in [6, 6.07) is 7.94. The van der Waals surface area contributed by atoms with Crippen LogP contribution in [0.4, 0.5) is 0 Å². The minimum absolute atomic E-state index is 0.0180. The number of hydrogen-bond acceptors (Lipinski definition) is 2.